The summed E-state index contributed by atoms with van der Waals surface area (Å²) in [6.45, 7) is 1.50. The highest BCUT2D eigenvalue weighted by molar-refractivity contribution is 7.86. The quantitative estimate of drug-likeness (QED) is 0.650. The molecule has 22 heavy (non-hydrogen) atoms. The van der Waals surface area contributed by atoms with Crippen molar-refractivity contribution in [2.45, 2.75) is 18.4 Å². The van der Waals surface area contributed by atoms with Crippen LogP contribution in [-0.4, -0.2) is 14.4 Å². The van der Waals surface area contributed by atoms with Crippen molar-refractivity contribution < 1.29 is 22.2 Å². The lowest BCUT2D eigenvalue weighted by atomic mass is 10.2. The molecule has 0 saturated heterocycles. The maximum atomic E-state index is 11.9. The van der Waals surface area contributed by atoms with Gasteiger partial charge < -0.3 is 4.74 Å². The topological polar surface area (TPSA) is 81.7 Å². The van der Waals surface area contributed by atoms with Gasteiger partial charge in [-0.25, -0.2) is 5.48 Å². The molecular formula is C15H15NO5S. The molecule has 7 heteroatoms. The summed E-state index contributed by atoms with van der Waals surface area (Å²) in [5.41, 5.74) is 3.63. The molecule has 0 amide bonds. The molecule has 1 N–H and O–H groups in total. The Balaban J connectivity index is 1.96. The van der Waals surface area contributed by atoms with Gasteiger partial charge in [-0.1, -0.05) is 30.3 Å². The molecule has 0 radical (unpaired) electrons. The second-order valence-electron chi connectivity index (χ2n) is 4.43. The third-order valence-corrected chi connectivity index (χ3v) is 3.85. The van der Waals surface area contributed by atoms with E-state index in [4.69, 9.17) is 9.02 Å². The van der Waals surface area contributed by atoms with Crippen molar-refractivity contribution in [2.24, 2.45) is 0 Å². The van der Waals surface area contributed by atoms with Crippen LogP contribution in [0, 0.1) is 0 Å². The molecule has 6 nitrogen and oxygen atoms in total. The predicted octanol–water partition coefficient (Wildman–Crippen LogP) is 2.48. The standard InChI is InChI=1S/C15H15NO5S/c1-12(17)20-11-13-7-9-14(10-8-13)16-21-22(18,19)15-5-3-2-4-6-15/h2-10,16H,11H2,1H3. The number of hydrogen-bond acceptors (Lipinski definition) is 6. The van der Waals surface area contributed by atoms with E-state index >= 15 is 0 Å². The van der Waals surface area contributed by atoms with Crippen molar-refractivity contribution in [3.8, 4) is 0 Å². The summed E-state index contributed by atoms with van der Waals surface area (Å²) in [6, 6.07) is 14.5. The van der Waals surface area contributed by atoms with Gasteiger partial charge in [-0.3, -0.25) is 4.79 Å². The van der Waals surface area contributed by atoms with E-state index in [1.165, 1.54) is 19.1 Å². The molecule has 2 rings (SSSR count). The summed E-state index contributed by atoms with van der Waals surface area (Å²) < 4.78 is 33.4. The maximum Gasteiger partial charge on any atom is 0.317 e. The van der Waals surface area contributed by atoms with E-state index in [0.717, 1.165) is 5.56 Å². The Morgan fingerprint density at radius 1 is 1.05 bits per heavy atom. The number of esters is 1. The Morgan fingerprint density at radius 2 is 1.68 bits per heavy atom. The Labute approximate surface area is 128 Å². The number of benzene rings is 2. The van der Waals surface area contributed by atoms with Gasteiger partial charge in [-0.15, -0.1) is 4.28 Å². The van der Waals surface area contributed by atoms with Crippen molar-refractivity contribution in [1.29, 1.82) is 0 Å². The van der Waals surface area contributed by atoms with Crippen LogP contribution in [0.1, 0.15) is 12.5 Å². The van der Waals surface area contributed by atoms with E-state index in [0.29, 0.717) is 5.69 Å². The Morgan fingerprint density at radius 3 is 2.27 bits per heavy atom. The van der Waals surface area contributed by atoms with E-state index in [-0.39, 0.29) is 17.5 Å². The van der Waals surface area contributed by atoms with Crippen LogP contribution in [0.2, 0.25) is 0 Å². The fourth-order valence-electron chi connectivity index (χ4n) is 1.59. The molecule has 0 aromatic heterocycles. The third-order valence-electron chi connectivity index (χ3n) is 2.70. The van der Waals surface area contributed by atoms with Crippen molar-refractivity contribution in [2.75, 3.05) is 5.48 Å². The SMILES string of the molecule is CC(=O)OCc1ccc(NOS(=O)(=O)c2ccccc2)cc1. The summed E-state index contributed by atoms with van der Waals surface area (Å²) in [5.74, 6) is -0.362. The molecule has 0 fully saturated rings. The summed E-state index contributed by atoms with van der Waals surface area (Å²) in [5, 5.41) is 0. The van der Waals surface area contributed by atoms with E-state index in [1.807, 2.05) is 0 Å². The third kappa shape index (κ3) is 4.57. The van der Waals surface area contributed by atoms with Crippen LogP contribution in [-0.2, 0) is 30.5 Å². The van der Waals surface area contributed by atoms with Crippen LogP contribution in [0.4, 0.5) is 5.69 Å². The Bertz CT molecular complexity index is 726. The molecular weight excluding hydrogens is 306 g/mol. The minimum atomic E-state index is -3.87. The molecule has 0 heterocycles. The van der Waals surface area contributed by atoms with Gasteiger partial charge in [-0.05, 0) is 29.8 Å². The lowest BCUT2D eigenvalue weighted by molar-refractivity contribution is -0.142. The first-order chi connectivity index (χ1) is 10.5. The lowest BCUT2D eigenvalue weighted by Crippen LogP contribution is -2.11. The Kier molecular flexibility index (Phi) is 5.13. The van der Waals surface area contributed by atoms with E-state index in [9.17, 15) is 13.2 Å². The number of carbonyl (C=O) groups excluding carboxylic acids is 1. The van der Waals surface area contributed by atoms with Gasteiger partial charge in [0.15, 0.2) is 0 Å². The summed E-state index contributed by atoms with van der Waals surface area (Å²) in [6.07, 6.45) is 0. The average molecular weight is 321 g/mol. The highest BCUT2D eigenvalue weighted by Gasteiger charge is 2.14. The zero-order valence-electron chi connectivity index (χ0n) is 11.9. The molecule has 0 aliphatic rings. The van der Waals surface area contributed by atoms with Crippen LogP contribution in [0.5, 0.6) is 0 Å². The summed E-state index contributed by atoms with van der Waals surface area (Å²) in [4.78, 5) is 10.8. The molecule has 0 saturated carbocycles. The van der Waals surface area contributed by atoms with Crippen molar-refractivity contribution in [3.63, 3.8) is 0 Å². The average Bonchev–Trinajstić information content (AvgIpc) is 2.53. The van der Waals surface area contributed by atoms with Gasteiger partial charge in [0, 0.05) is 6.92 Å². The van der Waals surface area contributed by atoms with Crippen molar-refractivity contribution in [3.05, 3.63) is 60.2 Å². The van der Waals surface area contributed by atoms with E-state index in [2.05, 4.69) is 5.48 Å². The Hall–Kier alpha value is -2.38. The highest BCUT2D eigenvalue weighted by atomic mass is 32.2. The first-order valence-electron chi connectivity index (χ1n) is 6.44. The minimum Gasteiger partial charge on any atom is -0.461 e. The van der Waals surface area contributed by atoms with Gasteiger partial charge in [0.25, 0.3) is 0 Å². The first kappa shape index (κ1) is 16.0. The minimum absolute atomic E-state index is 0.0639. The number of carbonyl (C=O) groups is 1. The maximum absolute atomic E-state index is 11.9. The largest absolute Gasteiger partial charge is 0.461 e. The van der Waals surface area contributed by atoms with Crippen LogP contribution >= 0.6 is 0 Å². The molecule has 2 aromatic carbocycles. The van der Waals surface area contributed by atoms with Gasteiger partial charge >= 0.3 is 16.1 Å². The molecule has 0 bridgehead atoms. The molecule has 0 aliphatic heterocycles. The van der Waals surface area contributed by atoms with Gasteiger partial charge in [0.2, 0.25) is 0 Å². The second kappa shape index (κ2) is 7.06. The van der Waals surface area contributed by atoms with E-state index < -0.39 is 10.1 Å². The van der Waals surface area contributed by atoms with Crippen molar-refractivity contribution >= 4 is 21.8 Å². The summed E-state index contributed by atoms with van der Waals surface area (Å²) in [7, 11) is -3.87. The predicted molar refractivity (Wildman–Crippen MR) is 80.2 cm³/mol. The van der Waals surface area contributed by atoms with Crippen molar-refractivity contribution in [1.82, 2.24) is 0 Å². The number of hydrogen-bond donors (Lipinski definition) is 1. The van der Waals surface area contributed by atoms with Crippen LogP contribution in [0.15, 0.2) is 59.5 Å². The van der Waals surface area contributed by atoms with Gasteiger partial charge in [-0.2, -0.15) is 8.42 Å². The zero-order chi connectivity index (χ0) is 16.0. The number of anilines is 1. The molecule has 0 aliphatic carbocycles. The second-order valence-corrected chi connectivity index (χ2v) is 5.98. The monoisotopic (exact) mass is 321 g/mol. The number of nitrogens with one attached hydrogen (secondary N) is 1. The number of rotatable bonds is 6. The lowest BCUT2D eigenvalue weighted by Gasteiger charge is -2.08. The normalized spacial score (nSPS) is 11.0. The molecule has 0 spiro atoms. The molecule has 0 atom stereocenters. The van der Waals surface area contributed by atoms with Crippen LogP contribution in [0.25, 0.3) is 0 Å². The molecule has 116 valence electrons. The van der Waals surface area contributed by atoms with Crippen LogP contribution in [0.3, 0.4) is 0 Å². The summed E-state index contributed by atoms with van der Waals surface area (Å²) >= 11 is 0. The highest BCUT2D eigenvalue weighted by Crippen LogP contribution is 2.15. The molecule has 0 unspecified atom stereocenters. The van der Waals surface area contributed by atoms with E-state index in [1.54, 1.807) is 42.5 Å². The van der Waals surface area contributed by atoms with Crippen LogP contribution < -0.4 is 5.48 Å². The molecule has 2 aromatic rings. The number of ether oxygens (including phenoxy) is 1. The van der Waals surface area contributed by atoms with Gasteiger partial charge in [0.1, 0.15) is 6.61 Å². The smallest absolute Gasteiger partial charge is 0.317 e. The fourth-order valence-corrected chi connectivity index (χ4v) is 2.38. The van der Waals surface area contributed by atoms with Gasteiger partial charge in [0.05, 0.1) is 10.6 Å². The zero-order valence-corrected chi connectivity index (χ0v) is 12.7. The first-order valence-corrected chi connectivity index (χ1v) is 7.85. The fraction of sp³-hybridized carbons (Fsp3) is 0.133.